The summed E-state index contributed by atoms with van der Waals surface area (Å²) in [4.78, 5) is 24.8. The largest absolute Gasteiger partial charge is 0.492 e. The third-order valence-electron chi connectivity index (χ3n) is 4.79. The van der Waals surface area contributed by atoms with Gasteiger partial charge in [-0.1, -0.05) is 49.4 Å². The van der Waals surface area contributed by atoms with Gasteiger partial charge in [0.15, 0.2) is 5.11 Å². The van der Waals surface area contributed by atoms with Gasteiger partial charge in [-0.3, -0.25) is 14.9 Å². The molecule has 2 amide bonds. The van der Waals surface area contributed by atoms with E-state index in [-0.39, 0.29) is 16.9 Å². The van der Waals surface area contributed by atoms with E-state index in [1.807, 2.05) is 43.3 Å². The summed E-state index contributed by atoms with van der Waals surface area (Å²) in [5.41, 5.74) is 2.79. The Morgan fingerprint density at radius 2 is 1.58 bits per heavy atom. The molecule has 33 heavy (non-hydrogen) atoms. The van der Waals surface area contributed by atoms with Gasteiger partial charge in [0.1, 0.15) is 5.75 Å². The minimum atomic E-state index is -0.363. The second-order valence-electron chi connectivity index (χ2n) is 7.32. The lowest BCUT2D eigenvalue weighted by atomic mass is 10.1. The van der Waals surface area contributed by atoms with Crippen LogP contribution in [-0.2, 0) is 6.42 Å². The maximum Gasteiger partial charge on any atom is 0.261 e. The Balaban J connectivity index is 1.54. The lowest BCUT2D eigenvalue weighted by Crippen LogP contribution is -2.34. The minimum Gasteiger partial charge on any atom is -0.492 e. The van der Waals surface area contributed by atoms with Gasteiger partial charge in [-0.05, 0) is 60.6 Å². The highest BCUT2D eigenvalue weighted by molar-refractivity contribution is 7.80. The van der Waals surface area contributed by atoms with Crippen molar-refractivity contribution in [3.05, 3.63) is 95.6 Å². The molecule has 3 rings (SSSR count). The molecule has 0 atom stereocenters. The van der Waals surface area contributed by atoms with Gasteiger partial charge in [0, 0.05) is 24.2 Å². The van der Waals surface area contributed by atoms with E-state index in [1.165, 1.54) is 5.56 Å². The van der Waals surface area contributed by atoms with E-state index in [9.17, 15) is 9.59 Å². The van der Waals surface area contributed by atoms with E-state index < -0.39 is 0 Å². The van der Waals surface area contributed by atoms with Crippen LogP contribution in [0.25, 0.3) is 0 Å². The number of para-hydroxylation sites is 1. The Bertz CT molecular complexity index is 1090. The number of nitrogens with one attached hydrogen (secondary N) is 3. The van der Waals surface area contributed by atoms with Crippen LogP contribution in [0.4, 0.5) is 5.69 Å². The number of hydrogen-bond donors (Lipinski definition) is 3. The standard InChI is InChI=1S/C26H27N3O3S/c1-2-17-27-24(30)20-12-14-21(15-13-20)28-26(33)29-25(31)22-10-6-7-11-23(22)32-18-16-19-8-4-3-5-9-19/h3-15H,2,16-18H2,1H3,(H,27,30)(H2,28,29,31,33). The fourth-order valence-electron chi connectivity index (χ4n) is 3.08. The van der Waals surface area contributed by atoms with E-state index in [1.54, 1.807) is 42.5 Å². The van der Waals surface area contributed by atoms with Crippen molar-refractivity contribution in [2.45, 2.75) is 19.8 Å². The lowest BCUT2D eigenvalue weighted by molar-refractivity contribution is 0.0950. The van der Waals surface area contributed by atoms with Crippen molar-refractivity contribution in [3.8, 4) is 5.75 Å². The summed E-state index contributed by atoms with van der Waals surface area (Å²) >= 11 is 5.29. The Hall–Kier alpha value is -3.71. The first-order valence-corrected chi connectivity index (χ1v) is 11.2. The van der Waals surface area contributed by atoms with Crippen LogP contribution in [0.2, 0.25) is 0 Å². The Morgan fingerprint density at radius 3 is 2.30 bits per heavy atom. The van der Waals surface area contributed by atoms with Crippen LogP contribution in [0.3, 0.4) is 0 Å². The number of rotatable bonds is 9. The van der Waals surface area contributed by atoms with E-state index in [2.05, 4.69) is 16.0 Å². The van der Waals surface area contributed by atoms with Gasteiger partial charge in [0.25, 0.3) is 11.8 Å². The van der Waals surface area contributed by atoms with Gasteiger partial charge in [-0.25, -0.2) is 0 Å². The molecular weight excluding hydrogens is 434 g/mol. The van der Waals surface area contributed by atoms with Crippen LogP contribution in [0.1, 0.15) is 39.6 Å². The average Bonchev–Trinajstić information content (AvgIpc) is 2.84. The topological polar surface area (TPSA) is 79.5 Å². The molecule has 0 unspecified atom stereocenters. The van der Waals surface area contributed by atoms with Crippen molar-refractivity contribution < 1.29 is 14.3 Å². The lowest BCUT2D eigenvalue weighted by Gasteiger charge is -2.13. The molecule has 0 aliphatic rings. The van der Waals surface area contributed by atoms with E-state index >= 15 is 0 Å². The SMILES string of the molecule is CCCNC(=O)c1ccc(NC(=S)NC(=O)c2ccccc2OCCc2ccccc2)cc1. The van der Waals surface area contributed by atoms with Crippen molar-refractivity contribution in [1.29, 1.82) is 0 Å². The number of hydrogen-bond acceptors (Lipinski definition) is 4. The predicted molar refractivity (Wildman–Crippen MR) is 135 cm³/mol. The molecule has 3 N–H and O–H groups in total. The van der Waals surface area contributed by atoms with E-state index in [4.69, 9.17) is 17.0 Å². The molecule has 0 radical (unpaired) electrons. The zero-order chi connectivity index (χ0) is 23.5. The molecule has 0 aliphatic heterocycles. The number of carbonyl (C=O) groups is 2. The highest BCUT2D eigenvalue weighted by Crippen LogP contribution is 2.18. The van der Waals surface area contributed by atoms with Gasteiger partial charge in [-0.15, -0.1) is 0 Å². The molecule has 170 valence electrons. The summed E-state index contributed by atoms with van der Waals surface area (Å²) < 4.78 is 5.86. The van der Waals surface area contributed by atoms with Crippen LogP contribution in [0, 0.1) is 0 Å². The summed E-state index contributed by atoms with van der Waals surface area (Å²) in [5, 5.41) is 8.63. The van der Waals surface area contributed by atoms with Crippen LogP contribution in [0.5, 0.6) is 5.75 Å². The minimum absolute atomic E-state index is 0.122. The molecule has 0 fully saturated rings. The highest BCUT2D eigenvalue weighted by atomic mass is 32.1. The van der Waals surface area contributed by atoms with Gasteiger partial charge >= 0.3 is 0 Å². The third-order valence-corrected chi connectivity index (χ3v) is 4.99. The van der Waals surface area contributed by atoms with Crippen molar-refractivity contribution in [2.24, 2.45) is 0 Å². The molecule has 0 heterocycles. The van der Waals surface area contributed by atoms with Crippen LogP contribution in [0.15, 0.2) is 78.9 Å². The summed E-state index contributed by atoms with van der Waals surface area (Å²) in [5.74, 6) is 0.0118. The van der Waals surface area contributed by atoms with Gasteiger partial charge in [0.05, 0.1) is 12.2 Å². The maximum atomic E-state index is 12.8. The second kappa shape index (κ2) is 12.4. The molecule has 3 aromatic carbocycles. The smallest absolute Gasteiger partial charge is 0.261 e. The molecule has 0 bridgehead atoms. The van der Waals surface area contributed by atoms with Crippen molar-refractivity contribution >= 4 is 34.8 Å². The molecule has 6 nitrogen and oxygen atoms in total. The highest BCUT2D eigenvalue weighted by Gasteiger charge is 2.14. The summed E-state index contributed by atoms with van der Waals surface area (Å²) in [6, 6.07) is 23.9. The molecule has 0 spiro atoms. The van der Waals surface area contributed by atoms with Crippen molar-refractivity contribution in [3.63, 3.8) is 0 Å². The molecular formula is C26H27N3O3S. The fourth-order valence-corrected chi connectivity index (χ4v) is 3.29. The molecule has 0 aromatic heterocycles. The maximum absolute atomic E-state index is 12.8. The number of carbonyl (C=O) groups excluding carboxylic acids is 2. The Labute approximate surface area is 199 Å². The fraction of sp³-hybridized carbons (Fsp3) is 0.192. The monoisotopic (exact) mass is 461 g/mol. The van der Waals surface area contributed by atoms with Crippen LogP contribution >= 0.6 is 12.2 Å². The zero-order valence-electron chi connectivity index (χ0n) is 18.5. The first-order chi connectivity index (χ1) is 16.1. The predicted octanol–water partition coefficient (Wildman–Crippen LogP) is 4.57. The normalized spacial score (nSPS) is 10.2. The first kappa shape index (κ1) is 23.9. The van der Waals surface area contributed by atoms with E-state index in [0.717, 1.165) is 12.8 Å². The van der Waals surface area contributed by atoms with Crippen LogP contribution < -0.4 is 20.7 Å². The molecule has 0 saturated heterocycles. The summed E-state index contributed by atoms with van der Waals surface area (Å²) in [7, 11) is 0. The molecule has 0 aliphatic carbocycles. The molecule has 0 saturated carbocycles. The average molecular weight is 462 g/mol. The zero-order valence-corrected chi connectivity index (χ0v) is 19.3. The number of anilines is 1. The van der Waals surface area contributed by atoms with Gasteiger partial charge in [0.2, 0.25) is 0 Å². The first-order valence-electron chi connectivity index (χ1n) is 10.8. The number of ether oxygens (including phenoxy) is 1. The van der Waals surface area contributed by atoms with E-state index in [0.29, 0.717) is 35.7 Å². The second-order valence-corrected chi connectivity index (χ2v) is 7.73. The Morgan fingerprint density at radius 1 is 0.879 bits per heavy atom. The quantitative estimate of drug-likeness (QED) is 0.407. The number of benzene rings is 3. The summed E-state index contributed by atoms with van der Waals surface area (Å²) in [6.45, 7) is 3.08. The number of thiocarbonyl (C=S) groups is 1. The van der Waals surface area contributed by atoms with Crippen LogP contribution in [-0.4, -0.2) is 30.1 Å². The molecule has 3 aromatic rings. The number of amides is 2. The van der Waals surface area contributed by atoms with Crippen molar-refractivity contribution in [2.75, 3.05) is 18.5 Å². The third kappa shape index (κ3) is 7.43. The van der Waals surface area contributed by atoms with Gasteiger partial charge < -0.3 is 15.4 Å². The van der Waals surface area contributed by atoms with Crippen molar-refractivity contribution in [1.82, 2.24) is 10.6 Å². The molecule has 7 heteroatoms. The van der Waals surface area contributed by atoms with Gasteiger partial charge in [-0.2, -0.15) is 0 Å². The Kier molecular flexibility index (Phi) is 8.97. The summed E-state index contributed by atoms with van der Waals surface area (Å²) in [6.07, 6.45) is 1.61.